The molecule has 0 fully saturated rings. The normalized spacial score (nSPS) is 11.1. The van der Waals surface area contributed by atoms with Crippen LogP contribution in [0.5, 0.6) is 0 Å². The molecule has 5 nitrogen and oxygen atoms in total. The number of nitrogens with zero attached hydrogens (tertiary/aromatic N) is 2. The molecule has 104 valence electrons. The van der Waals surface area contributed by atoms with Crippen molar-refractivity contribution in [1.82, 2.24) is 14.5 Å². The van der Waals surface area contributed by atoms with Crippen LogP contribution in [0.2, 0.25) is 0 Å². The molecule has 0 bridgehead atoms. The standard InChI is InChI=1S/C14H21N3O2/c1-3-7-15-10-12-5-6-13(19-12)11-17-9-8-16(4-2)14(17)18/h5-6,8-9,15H,3-4,7,10-11H2,1-2H3. The molecule has 2 heterocycles. The van der Waals surface area contributed by atoms with E-state index in [0.29, 0.717) is 13.1 Å². The first-order valence-corrected chi connectivity index (χ1v) is 6.78. The summed E-state index contributed by atoms with van der Waals surface area (Å²) < 4.78 is 9.03. The van der Waals surface area contributed by atoms with Crippen molar-refractivity contribution in [2.45, 2.75) is 39.9 Å². The van der Waals surface area contributed by atoms with Crippen molar-refractivity contribution in [2.24, 2.45) is 0 Å². The second-order valence-electron chi connectivity index (χ2n) is 4.54. The molecule has 2 aromatic rings. The quantitative estimate of drug-likeness (QED) is 0.775. The van der Waals surface area contributed by atoms with E-state index in [1.165, 1.54) is 0 Å². The number of aromatic nitrogens is 2. The highest BCUT2D eigenvalue weighted by atomic mass is 16.3. The second-order valence-corrected chi connectivity index (χ2v) is 4.54. The van der Waals surface area contributed by atoms with Gasteiger partial charge in [-0.2, -0.15) is 0 Å². The van der Waals surface area contributed by atoms with Crippen LogP contribution in [0.25, 0.3) is 0 Å². The molecule has 0 aliphatic carbocycles. The Morgan fingerprint density at radius 3 is 2.58 bits per heavy atom. The van der Waals surface area contributed by atoms with Crippen molar-refractivity contribution in [2.75, 3.05) is 6.54 Å². The van der Waals surface area contributed by atoms with Gasteiger partial charge in [0, 0.05) is 18.9 Å². The van der Waals surface area contributed by atoms with Crippen molar-refractivity contribution < 1.29 is 4.42 Å². The van der Waals surface area contributed by atoms with Crippen molar-refractivity contribution >= 4 is 0 Å². The first-order chi connectivity index (χ1) is 9.24. The van der Waals surface area contributed by atoms with Crippen molar-refractivity contribution in [1.29, 1.82) is 0 Å². The van der Waals surface area contributed by atoms with Crippen LogP contribution in [0.1, 0.15) is 31.8 Å². The van der Waals surface area contributed by atoms with Gasteiger partial charge in [0.25, 0.3) is 0 Å². The van der Waals surface area contributed by atoms with Crippen molar-refractivity contribution in [3.8, 4) is 0 Å². The molecule has 1 N–H and O–H groups in total. The van der Waals surface area contributed by atoms with Gasteiger partial charge in [0.05, 0.1) is 13.1 Å². The van der Waals surface area contributed by atoms with Gasteiger partial charge in [0.15, 0.2) is 0 Å². The Morgan fingerprint density at radius 1 is 1.16 bits per heavy atom. The molecule has 19 heavy (non-hydrogen) atoms. The third-order valence-corrected chi connectivity index (χ3v) is 3.03. The highest BCUT2D eigenvalue weighted by Gasteiger charge is 2.06. The number of imidazole rings is 1. The zero-order valence-corrected chi connectivity index (χ0v) is 11.6. The summed E-state index contributed by atoms with van der Waals surface area (Å²) in [6.07, 6.45) is 4.70. The number of nitrogens with one attached hydrogen (secondary N) is 1. The maximum Gasteiger partial charge on any atom is 0.328 e. The van der Waals surface area contributed by atoms with Gasteiger partial charge in [-0.05, 0) is 32.0 Å². The molecule has 0 saturated heterocycles. The van der Waals surface area contributed by atoms with Crippen molar-refractivity contribution in [3.63, 3.8) is 0 Å². The predicted molar refractivity (Wildman–Crippen MR) is 74.2 cm³/mol. The van der Waals surface area contributed by atoms with E-state index >= 15 is 0 Å². The Morgan fingerprint density at radius 2 is 1.89 bits per heavy atom. The molecule has 0 amide bonds. The van der Waals surface area contributed by atoms with Gasteiger partial charge in [0.2, 0.25) is 0 Å². The third-order valence-electron chi connectivity index (χ3n) is 3.03. The molecular formula is C14H21N3O2. The number of furan rings is 1. The van der Waals surface area contributed by atoms with Gasteiger partial charge in [-0.1, -0.05) is 6.92 Å². The third kappa shape index (κ3) is 3.38. The first-order valence-electron chi connectivity index (χ1n) is 6.78. The van der Waals surface area contributed by atoms with E-state index in [9.17, 15) is 4.79 Å². The average molecular weight is 263 g/mol. The van der Waals surface area contributed by atoms with Gasteiger partial charge in [-0.3, -0.25) is 9.13 Å². The summed E-state index contributed by atoms with van der Waals surface area (Å²) >= 11 is 0. The SMILES string of the molecule is CCCNCc1ccc(Cn2ccn(CC)c2=O)o1. The Bertz CT molecular complexity index is 565. The summed E-state index contributed by atoms with van der Waals surface area (Å²) in [5, 5.41) is 3.29. The van der Waals surface area contributed by atoms with Crippen LogP contribution in [-0.4, -0.2) is 15.7 Å². The minimum Gasteiger partial charge on any atom is -0.463 e. The number of hydrogen-bond acceptors (Lipinski definition) is 3. The zero-order chi connectivity index (χ0) is 13.7. The summed E-state index contributed by atoms with van der Waals surface area (Å²) in [7, 11) is 0. The minimum atomic E-state index is 0.00422. The second kappa shape index (κ2) is 6.43. The molecule has 0 spiro atoms. The van der Waals surface area contributed by atoms with E-state index < -0.39 is 0 Å². The Kier molecular flexibility index (Phi) is 4.63. The molecule has 0 aliphatic rings. The summed E-state index contributed by atoms with van der Waals surface area (Å²) in [6.45, 7) is 6.98. The fourth-order valence-electron chi connectivity index (χ4n) is 1.97. The minimum absolute atomic E-state index is 0.00422. The molecule has 2 aromatic heterocycles. The van der Waals surface area contributed by atoms with Crippen LogP contribution in [0.15, 0.2) is 33.7 Å². The van der Waals surface area contributed by atoms with Crippen LogP contribution in [0, 0.1) is 0 Å². The lowest BCUT2D eigenvalue weighted by Gasteiger charge is -2.00. The molecule has 0 aromatic carbocycles. The van der Waals surface area contributed by atoms with Crippen LogP contribution in [-0.2, 0) is 19.6 Å². The molecule has 0 radical (unpaired) electrons. The van der Waals surface area contributed by atoms with Crippen LogP contribution in [0.3, 0.4) is 0 Å². The molecule has 2 rings (SSSR count). The molecule has 0 unspecified atom stereocenters. The Hall–Kier alpha value is -1.75. The molecular weight excluding hydrogens is 242 g/mol. The highest BCUT2D eigenvalue weighted by Crippen LogP contribution is 2.08. The monoisotopic (exact) mass is 263 g/mol. The predicted octanol–water partition coefficient (Wildman–Crippen LogP) is 1.81. The molecule has 0 atom stereocenters. The number of hydrogen-bond donors (Lipinski definition) is 1. The topological polar surface area (TPSA) is 52.1 Å². The summed E-state index contributed by atoms with van der Waals surface area (Å²) in [6, 6.07) is 3.89. The zero-order valence-electron chi connectivity index (χ0n) is 11.6. The van der Waals surface area contributed by atoms with Crippen molar-refractivity contribution in [3.05, 3.63) is 46.5 Å². The fraction of sp³-hybridized carbons (Fsp3) is 0.500. The maximum atomic E-state index is 11.9. The summed E-state index contributed by atoms with van der Waals surface area (Å²) in [4.78, 5) is 11.9. The van der Waals surface area contributed by atoms with Gasteiger partial charge in [-0.25, -0.2) is 4.79 Å². The smallest absolute Gasteiger partial charge is 0.328 e. The van der Waals surface area contributed by atoms with E-state index in [0.717, 1.165) is 31.0 Å². The van der Waals surface area contributed by atoms with Gasteiger partial charge >= 0.3 is 5.69 Å². The highest BCUT2D eigenvalue weighted by molar-refractivity contribution is 5.07. The van der Waals surface area contributed by atoms with E-state index in [1.54, 1.807) is 21.5 Å². The Labute approximate surface area is 112 Å². The number of rotatable bonds is 7. The lowest BCUT2D eigenvalue weighted by Crippen LogP contribution is -2.23. The van der Waals surface area contributed by atoms with Crippen LogP contribution in [0.4, 0.5) is 0 Å². The summed E-state index contributed by atoms with van der Waals surface area (Å²) in [5.41, 5.74) is 0.00422. The van der Waals surface area contributed by atoms with E-state index in [1.807, 2.05) is 19.1 Å². The van der Waals surface area contributed by atoms with E-state index in [2.05, 4.69) is 12.2 Å². The van der Waals surface area contributed by atoms with E-state index in [-0.39, 0.29) is 5.69 Å². The first kappa shape index (κ1) is 13.7. The van der Waals surface area contributed by atoms with Crippen LogP contribution >= 0.6 is 0 Å². The maximum absolute atomic E-state index is 11.9. The van der Waals surface area contributed by atoms with Gasteiger partial charge in [-0.15, -0.1) is 0 Å². The van der Waals surface area contributed by atoms with E-state index in [4.69, 9.17) is 4.42 Å². The summed E-state index contributed by atoms with van der Waals surface area (Å²) in [5.74, 6) is 1.72. The molecule has 0 saturated carbocycles. The largest absolute Gasteiger partial charge is 0.463 e. The lowest BCUT2D eigenvalue weighted by atomic mass is 10.4. The van der Waals surface area contributed by atoms with Gasteiger partial charge in [0.1, 0.15) is 11.5 Å². The average Bonchev–Trinajstić information content (AvgIpc) is 2.99. The van der Waals surface area contributed by atoms with Crippen LogP contribution < -0.4 is 11.0 Å². The fourth-order valence-corrected chi connectivity index (χ4v) is 1.97. The lowest BCUT2D eigenvalue weighted by molar-refractivity contribution is 0.435. The molecule has 0 aliphatic heterocycles. The molecule has 5 heteroatoms. The number of aryl methyl sites for hydroxylation is 1. The van der Waals surface area contributed by atoms with Gasteiger partial charge < -0.3 is 9.73 Å². The Balaban J connectivity index is 1.99.